The number of nitrogens with zero attached hydrogens (tertiary/aromatic N) is 4. The molecule has 2 aromatic rings. The number of hydrogen-bond acceptors (Lipinski definition) is 5. The Labute approximate surface area is 148 Å². The van der Waals surface area contributed by atoms with Gasteiger partial charge in [0, 0.05) is 19.1 Å². The maximum absolute atomic E-state index is 12.3. The number of likely N-dealkylation sites (tertiary alicyclic amines) is 1. The van der Waals surface area contributed by atoms with Gasteiger partial charge in [0.2, 0.25) is 5.95 Å². The smallest absolute Gasteiger partial charge is 0.263 e. The fourth-order valence-corrected chi connectivity index (χ4v) is 3.54. The second-order valence-corrected chi connectivity index (χ2v) is 8.44. The number of H-pyrrole nitrogens is 1. The Hall–Kier alpha value is -1.89. The zero-order chi connectivity index (χ0) is 18.2. The topological polar surface area (TPSA) is 78.8 Å². The van der Waals surface area contributed by atoms with Gasteiger partial charge >= 0.3 is 0 Å². The Bertz CT molecular complexity index is 785. The molecule has 3 rings (SSSR count). The highest BCUT2D eigenvalue weighted by molar-refractivity contribution is 5.74. The lowest BCUT2D eigenvalue weighted by atomic mass is 10.1. The van der Waals surface area contributed by atoms with Crippen LogP contribution in [0.2, 0.25) is 0 Å². The summed E-state index contributed by atoms with van der Waals surface area (Å²) in [5.41, 5.74) is 0.261. The SMILES string of the molecule is CC(C)CN1CCC[C@@H]1CNc1nc2c(cnn2C(C)(C)C)c(=O)[nH]1. The third-order valence-corrected chi connectivity index (χ3v) is 4.68. The van der Waals surface area contributed by atoms with E-state index in [-0.39, 0.29) is 11.1 Å². The first-order valence-electron chi connectivity index (χ1n) is 9.22. The number of hydrogen-bond donors (Lipinski definition) is 2. The van der Waals surface area contributed by atoms with E-state index >= 15 is 0 Å². The van der Waals surface area contributed by atoms with E-state index in [9.17, 15) is 4.79 Å². The maximum Gasteiger partial charge on any atom is 0.263 e. The molecule has 2 aromatic heterocycles. The fourth-order valence-electron chi connectivity index (χ4n) is 3.54. The van der Waals surface area contributed by atoms with Crippen LogP contribution in [0.15, 0.2) is 11.0 Å². The standard InChI is InChI=1S/C18H30N6O/c1-12(2)11-23-8-6-7-13(23)9-19-17-21-15-14(16(25)22-17)10-20-24(15)18(3,4)5/h10,12-13H,6-9,11H2,1-5H3,(H2,19,21,22,25)/t13-/m1/s1. The third kappa shape index (κ3) is 3.86. The molecule has 7 heteroatoms. The van der Waals surface area contributed by atoms with E-state index in [0.29, 0.717) is 28.9 Å². The van der Waals surface area contributed by atoms with Crippen molar-refractivity contribution < 1.29 is 0 Å². The molecule has 0 bridgehead atoms. The monoisotopic (exact) mass is 346 g/mol. The molecule has 0 amide bonds. The van der Waals surface area contributed by atoms with Crippen molar-refractivity contribution in [2.45, 2.75) is 59.0 Å². The normalized spacial score (nSPS) is 19.2. The summed E-state index contributed by atoms with van der Waals surface area (Å²) in [6.45, 7) is 13.7. The van der Waals surface area contributed by atoms with Gasteiger partial charge in [0.05, 0.1) is 11.7 Å². The van der Waals surface area contributed by atoms with E-state index in [4.69, 9.17) is 0 Å². The van der Waals surface area contributed by atoms with E-state index in [0.717, 1.165) is 19.6 Å². The van der Waals surface area contributed by atoms with Crippen LogP contribution < -0.4 is 10.9 Å². The molecule has 2 N–H and O–H groups in total. The molecule has 0 saturated carbocycles. The van der Waals surface area contributed by atoms with Gasteiger partial charge in [-0.15, -0.1) is 0 Å². The van der Waals surface area contributed by atoms with Crippen molar-refractivity contribution in [1.82, 2.24) is 24.6 Å². The molecule has 0 unspecified atom stereocenters. The zero-order valence-corrected chi connectivity index (χ0v) is 16.0. The summed E-state index contributed by atoms with van der Waals surface area (Å²) in [4.78, 5) is 22.4. The van der Waals surface area contributed by atoms with Crippen LogP contribution in [0.5, 0.6) is 0 Å². The van der Waals surface area contributed by atoms with Crippen molar-refractivity contribution >= 4 is 17.0 Å². The first kappa shape index (κ1) is 17.9. The summed E-state index contributed by atoms with van der Waals surface area (Å²) in [5.74, 6) is 1.19. The molecule has 0 aromatic carbocycles. The summed E-state index contributed by atoms with van der Waals surface area (Å²) in [7, 11) is 0. The summed E-state index contributed by atoms with van der Waals surface area (Å²) in [6.07, 6.45) is 4.02. The highest BCUT2D eigenvalue weighted by Gasteiger charge is 2.25. The van der Waals surface area contributed by atoms with Crippen LogP contribution in [0, 0.1) is 5.92 Å². The summed E-state index contributed by atoms with van der Waals surface area (Å²) < 4.78 is 1.81. The molecule has 7 nitrogen and oxygen atoms in total. The minimum absolute atomic E-state index is 0.145. The molecule has 1 atom stereocenters. The predicted molar refractivity (Wildman–Crippen MR) is 101 cm³/mol. The van der Waals surface area contributed by atoms with E-state index in [2.05, 4.69) is 59.9 Å². The molecule has 0 radical (unpaired) electrons. The van der Waals surface area contributed by atoms with Crippen LogP contribution in [-0.4, -0.2) is 50.3 Å². The van der Waals surface area contributed by atoms with Crippen molar-refractivity contribution in [1.29, 1.82) is 0 Å². The fraction of sp³-hybridized carbons (Fsp3) is 0.722. The minimum Gasteiger partial charge on any atom is -0.354 e. The Morgan fingerprint density at radius 1 is 1.40 bits per heavy atom. The maximum atomic E-state index is 12.3. The Balaban J connectivity index is 1.79. The molecular formula is C18H30N6O. The number of aromatic amines is 1. The van der Waals surface area contributed by atoms with Crippen LogP contribution in [0.3, 0.4) is 0 Å². The molecule has 0 spiro atoms. The molecule has 3 heterocycles. The van der Waals surface area contributed by atoms with Crippen LogP contribution in [-0.2, 0) is 5.54 Å². The van der Waals surface area contributed by atoms with Gasteiger partial charge in [-0.3, -0.25) is 14.7 Å². The minimum atomic E-state index is -0.223. The first-order chi connectivity index (χ1) is 11.8. The van der Waals surface area contributed by atoms with Crippen molar-refractivity contribution in [3.63, 3.8) is 0 Å². The lowest BCUT2D eigenvalue weighted by molar-refractivity contribution is 0.234. The Morgan fingerprint density at radius 2 is 2.16 bits per heavy atom. The number of anilines is 1. The summed E-state index contributed by atoms with van der Waals surface area (Å²) in [6, 6.07) is 0.496. The zero-order valence-electron chi connectivity index (χ0n) is 16.0. The molecule has 138 valence electrons. The van der Waals surface area contributed by atoms with E-state index < -0.39 is 0 Å². The van der Waals surface area contributed by atoms with Gasteiger partial charge in [-0.05, 0) is 46.1 Å². The lowest BCUT2D eigenvalue weighted by Crippen LogP contribution is -2.37. The van der Waals surface area contributed by atoms with Gasteiger partial charge < -0.3 is 5.32 Å². The average Bonchev–Trinajstić information content (AvgIpc) is 3.10. The van der Waals surface area contributed by atoms with Crippen LogP contribution in [0.4, 0.5) is 5.95 Å². The summed E-state index contributed by atoms with van der Waals surface area (Å²) >= 11 is 0. The van der Waals surface area contributed by atoms with E-state index in [1.807, 2.05) is 4.68 Å². The number of fused-ring (bicyclic) bond motifs is 1. The number of nitrogens with one attached hydrogen (secondary N) is 2. The predicted octanol–water partition coefficient (Wildman–Crippen LogP) is 2.41. The van der Waals surface area contributed by atoms with Gasteiger partial charge in [0.15, 0.2) is 5.65 Å². The van der Waals surface area contributed by atoms with E-state index in [1.54, 1.807) is 6.20 Å². The molecular weight excluding hydrogens is 316 g/mol. The van der Waals surface area contributed by atoms with Crippen LogP contribution in [0.25, 0.3) is 11.0 Å². The molecule has 25 heavy (non-hydrogen) atoms. The quantitative estimate of drug-likeness (QED) is 0.869. The molecule has 1 aliphatic heterocycles. The Morgan fingerprint density at radius 3 is 2.84 bits per heavy atom. The van der Waals surface area contributed by atoms with Crippen LogP contribution >= 0.6 is 0 Å². The van der Waals surface area contributed by atoms with Crippen molar-refractivity contribution in [2.24, 2.45) is 5.92 Å². The van der Waals surface area contributed by atoms with Crippen LogP contribution in [0.1, 0.15) is 47.5 Å². The number of aromatic nitrogens is 4. The van der Waals surface area contributed by atoms with Crippen molar-refractivity contribution in [3.05, 3.63) is 16.6 Å². The first-order valence-corrected chi connectivity index (χ1v) is 9.22. The van der Waals surface area contributed by atoms with Crippen molar-refractivity contribution in [3.8, 4) is 0 Å². The molecule has 1 aliphatic rings. The van der Waals surface area contributed by atoms with Gasteiger partial charge in [0.25, 0.3) is 5.56 Å². The highest BCUT2D eigenvalue weighted by atomic mass is 16.1. The van der Waals surface area contributed by atoms with E-state index in [1.165, 1.54) is 12.8 Å². The third-order valence-electron chi connectivity index (χ3n) is 4.68. The largest absolute Gasteiger partial charge is 0.354 e. The van der Waals surface area contributed by atoms with Gasteiger partial charge in [0.1, 0.15) is 5.39 Å². The summed E-state index contributed by atoms with van der Waals surface area (Å²) in [5, 5.41) is 8.22. The highest BCUT2D eigenvalue weighted by Crippen LogP contribution is 2.20. The van der Waals surface area contributed by atoms with Gasteiger partial charge in [-0.25, -0.2) is 4.68 Å². The van der Waals surface area contributed by atoms with Gasteiger partial charge in [-0.2, -0.15) is 10.1 Å². The number of rotatable bonds is 5. The molecule has 0 aliphatic carbocycles. The second-order valence-electron chi connectivity index (χ2n) is 8.44. The van der Waals surface area contributed by atoms with Gasteiger partial charge in [-0.1, -0.05) is 13.8 Å². The second kappa shape index (κ2) is 6.78. The average molecular weight is 346 g/mol. The lowest BCUT2D eigenvalue weighted by Gasteiger charge is -2.26. The Kier molecular flexibility index (Phi) is 4.86. The molecule has 1 fully saturated rings. The molecule has 1 saturated heterocycles. The van der Waals surface area contributed by atoms with Crippen molar-refractivity contribution in [2.75, 3.05) is 25.0 Å².